The Bertz CT molecular complexity index is 743. The number of thioether (sulfide) groups is 1. The summed E-state index contributed by atoms with van der Waals surface area (Å²) >= 11 is 1.87. The second-order valence-corrected chi connectivity index (χ2v) is 7.96. The first kappa shape index (κ1) is 16.4. The highest BCUT2D eigenvalue weighted by atomic mass is 32.2. The fourth-order valence-corrected chi connectivity index (χ4v) is 4.71. The third kappa shape index (κ3) is 3.50. The number of nitro benzene ring substituents is 1. The van der Waals surface area contributed by atoms with Crippen molar-refractivity contribution in [3.8, 4) is 5.75 Å². The van der Waals surface area contributed by atoms with Crippen LogP contribution in [0.3, 0.4) is 0 Å². The molecule has 0 atom stereocenters. The van der Waals surface area contributed by atoms with Crippen molar-refractivity contribution in [1.29, 1.82) is 0 Å². The van der Waals surface area contributed by atoms with E-state index in [-0.39, 0.29) is 15.5 Å². The smallest absolute Gasteiger partial charge is 0.269 e. The molecule has 0 aliphatic carbocycles. The van der Waals surface area contributed by atoms with Crippen molar-refractivity contribution in [1.82, 2.24) is 4.90 Å². The van der Waals surface area contributed by atoms with Gasteiger partial charge in [-0.3, -0.25) is 10.1 Å². The third-order valence-corrected chi connectivity index (χ3v) is 6.34. The Hall–Kier alpha value is -2.05. The topological polar surface area (TPSA) is 55.6 Å². The van der Waals surface area contributed by atoms with Crippen molar-refractivity contribution in [2.24, 2.45) is 0 Å². The molecule has 0 bridgehead atoms. The van der Waals surface area contributed by atoms with Gasteiger partial charge < -0.3 is 9.64 Å². The molecule has 1 fully saturated rings. The van der Waals surface area contributed by atoms with Gasteiger partial charge in [-0.1, -0.05) is 36.0 Å². The third-order valence-electron chi connectivity index (χ3n) is 4.92. The standard InChI is InChI=1S/C19H20N2O3S/c22-21(23)16-7-5-15(6-8-16)9-12-20-13-10-19(11-14-20)24-17-3-1-2-4-18(17)25-19/h1-8H,9-14H2. The van der Waals surface area contributed by atoms with Crippen molar-refractivity contribution in [2.75, 3.05) is 19.6 Å². The molecule has 0 saturated carbocycles. The monoisotopic (exact) mass is 356 g/mol. The van der Waals surface area contributed by atoms with Gasteiger partial charge in [-0.2, -0.15) is 0 Å². The Labute approximate surface area is 151 Å². The van der Waals surface area contributed by atoms with Crippen LogP contribution in [-0.4, -0.2) is 34.4 Å². The average molecular weight is 356 g/mol. The number of hydrogen-bond donors (Lipinski definition) is 0. The number of non-ortho nitro benzene ring substituents is 1. The fraction of sp³-hybridized carbons (Fsp3) is 0.368. The van der Waals surface area contributed by atoms with Gasteiger partial charge in [-0.25, -0.2) is 0 Å². The quantitative estimate of drug-likeness (QED) is 0.609. The molecule has 1 spiro atoms. The highest BCUT2D eigenvalue weighted by Gasteiger charge is 2.42. The predicted molar refractivity (Wildman–Crippen MR) is 98.1 cm³/mol. The Balaban J connectivity index is 1.29. The molecule has 0 aromatic heterocycles. The Morgan fingerprint density at radius 1 is 1.12 bits per heavy atom. The van der Waals surface area contributed by atoms with Crippen LogP contribution in [0.4, 0.5) is 5.69 Å². The second-order valence-electron chi connectivity index (χ2n) is 6.58. The van der Waals surface area contributed by atoms with E-state index in [4.69, 9.17) is 4.74 Å². The molecule has 0 amide bonds. The minimum absolute atomic E-state index is 0.0897. The number of para-hydroxylation sites is 1. The number of likely N-dealkylation sites (tertiary alicyclic amines) is 1. The maximum Gasteiger partial charge on any atom is 0.269 e. The summed E-state index contributed by atoms with van der Waals surface area (Å²) in [7, 11) is 0. The first-order chi connectivity index (χ1) is 12.1. The Morgan fingerprint density at radius 2 is 1.84 bits per heavy atom. The summed E-state index contributed by atoms with van der Waals surface area (Å²) in [6.45, 7) is 3.02. The van der Waals surface area contributed by atoms with Gasteiger partial charge in [0.1, 0.15) is 5.75 Å². The van der Waals surface area contributed by atoms with Gasteiger partial charge in [0.2, 0.25) is 0 Å². The van der Waals surface area contributed by atoms with Gasteiger partial charge in [0.25, 0.3) is 5.69 Å². The highest BCUT2D eigenvalue weighted by Crippen LogP contribution is 2.51. The Morgan fingerprint density at radius 3 is 2.52 bits per heavy atom. The van der Waals surface area contributed by atoms with Gasteiger partial charge in [0, 0.05) is 44.6 Å². The molecular formula is C19H20N2O3S. The summed E-state index contributed by atoms with van der Waals surface area (Å²) in [6.07, 6.45) is 2.96. The van der Waals surface area contributed by atoms with Crippen molar-refractivity contribution >= 4 is 17.4 Å². The molecule has 0 unspecified atom stereocenters. The number of benzene rings is 2. The molecule has 1 saturated heterocycles. The number of nitro groups is 1. The van der Waals surface area contributed by atoms with E-state index in [1.807, 2.05) is 30.0 Å². The molecule has 5 nitrogen and oxygen atoms in total. The summed E-state index contributed by atoms with van der Waals surface area (Å²) in [6, 6.07) is 15.2. The van der Waals surface area contributed by atoms with Gasteiger partial charge in [-0.05, 0) is 24.1 Å². The van der Waals surface area contributed by atoms with Crippen molar-refractivity contribution in [2.45, 2.75) is 29.1 Å². The largest absolute Gasteiger partial charge is 0.475 e. The first-order valence-electron chi connectivity index (χ1n) is 8.56. The van der Waals surface area contributed by atoms with Crippen LogP contribution in [0.25, 0.3) is 0 Å². The highest BCUT2D eigenvalue weighted by molar-refractivity contribution is 8.00. The summed E-state index contributed by atoms with van der Waals surface area (Å²) in [5, 5.41) is 10.7. The molecule has 130 valence electrons. The SMILES string of the molecule is O=[N+]([O-])c1ccc(CCN2CCC3(CC2)Oc2ccccc2S3)cc1. The zero-order valence-electron chi connectivity index (χ0n) is 13.9. The molecule has 25 heavy (non-hydrogen) atoms. The van der Waals surface area contributed by atoms with Crippen LogP contribution in [0.2, 0.25) is 0 Å². The van der Waals surface area contributed by atoms with Gasteiger partial charge >= 0.3 is 0 Å². The molecule has 4 rings (SSSR count). The first-order valence-corrected chi connectivity index (χ1v) is 9.38. The lowest BCUT2D eigenvalue weighted by Gasteiger charge is -2.37. The molecule has 2 aromatic carbocycles. The van der Waals surface area contributed by atoms with Crippen LogP contribution in [0.15, 0.2) is 53.4 Å². The minimum Gasteiger partial charge on any atom is -0.475 e. The van der Waals surface area contributed by atoms with E-state index in [9.17, 15) is 10.1 Å². The molecule has 2 heterocycles. The van der Waals surface area contributed by atoms with E-state index in [0.29, 0.717) is 0 Å². The van der Waals surface area contributed by atoms with E-state index < -0.39 is 0 Å². The molecule has 2 aliphatic rings. The minimum atomic E-state index is -0.356. The van der Waals surface area contributed by atoms with Crippen LogP contribution in [0, 0.1) is 10.1 Å². The summed E-state index contributed by atoms with van der Waals surface area (Å²) in [5.41, 5.74) is 1.29. The van der Waals surface area contributed by atoms with Crippen LogP contribution in [0.1, 0.15) is 18.4 Å². The number of hydrogen-bond acceptors (Lipinski definition) is 5. The molecule has 0 N–H and O–H groups in total. The van der Waals surface area contributed by atoms with E-state index in [0.717, 1.165) is 50.2 Å². The maximum atomic E-state index is 10.7. The summed E-state index contributed by atoms with van der Waals surface area (Å²) in [5.74, 6) is 1.02. The lowest BCUT2D eigenvalue weighted by Crippen LogP contribution is -2.44. The zero-order valence-corrected chi connectivity index (χ0v) is 14.7. The Kier molecular flexibility index (Phi) is 4.39. The molecule has 0 radical (unpaired) electrons. The van der Waals surface area contributed by atoms with E-state index >= 15 is 0 Å². The average Bonchev–Trinajstić information content (AvgIpc) is 2.99. The predicted octanol–water partition coefficient (Wildman–Crippen LogP) is 4.11. The lowest BCUT2D eigenvalue weighted by atomic mass is 10.1. The lowest BCUT2D eigenvalue weighted by molar-refractivity contribution is -0.384. The van der Waals surface area contributed by atoms with Crippen LogP contribution in [-0.2, 0) is 6.42 Å². The van der Waals surface area contributed by atoms with Crippen molar-refractivity contribution in [3.05, 3.63) is 64.2 Å². The molecule has 6 heteroatoms. The number of piperidine rings is 1. The fourth-order valence-electron chi connectivity index (χ4n) is 3.43. The normalized spacial score (nSPS) is 18.7. The van der Waals surface area contributed by atoms with Crippen LogP contribution < -0.4 is 4.74 Å². The second kappa shape index (κ2) is 6.69. The molecular weight excluding hydrogens is 336 g/mol. The molecule has 2 aliphatic heterocycles. The van der Waals surface area contributed by atoms with Gasteiger partial charge in [0.15, 0.2) is 4.93 Å². The summed E-state index contributed by atoms with van der Waals surface area (Å²) < 4.78 is 6.25. The van der Waals surface area contributed by atoms with Crippen LogP contribution in [0.5, 0.6) is 5.75 Å². The molecule has 2 aromatic rings. The van der Waals surface area contributed by atoms with Gasteiger partial charge in [0.05, 0.1) is 9.82 Å². The van der Waals surface area contributed by atoms with Crippen molar-refractivity contribution in [3.63, 3.8) is 0 Å². The van der Waals surface area contributed by atoms with Crippen LogP contribution >= 0.6 is 11.8 Å². The maximum absolute atomic E-state index is 10.7. The number of nitrogens with zero attached hydrogens (tertiary/aromatic N) is 2. The number of fused-ring (bicyclic) bond motifs is 1. The van der Waals surface area contributed by atoms with E-state index in [1.165, 1.54) is 4.90 Å². The number of ether oxygens (including phenoxy) is 1. The van der Waals surface area contributed by atoms with E-state index in [2.05, 4.69) is 23.1 Å². The number of rotatable bonds is 4. The summed E-state index contributed by atoms with van der Waals surface area (Å²) in [4.78, 5) is 14.0. The van der Waals surface area contributed by atoms with E-state index in [1.54, 1.807) is 12.1 Å². The van der Waals surface area contributed by atoms with Gasteiger partial charge in [-0.15, -0.1) is 0 Å². The van der Waals surface area contributed by atoms with Crippen molar-refractivity contribution < 1.29 is 9.66 Å². The zero-order chi connectivity index (χ0) is 17.3.